The lowest BCUT2D eigenvalue weighted by atomic mass is 9.92. The quantitative estimate of drug-likeness (QED) is 0.246. The van der Waals surface area contributed by atoms with Crippen molar-refractivity contribution < 1.29 is 32.3 Å². The lowest BCUT2D eigenvalue weighted by molar-refractivity contribution is -0.149. The number of carbonyl (C=O) groups is 1. The number of alkyl halides is 1. The fourth-order valence-electron chi connectivity index (χ4n) is 5.61. The molecule has 5 rings (SSSR count). The van der Waals surface area contributed by atoms with Crippen molar-refractivity contribution in [3.63, 3.8) is 0 Å². The van der Waals surface area contributed by atoms with Crippen molar-refractivity contribution in [1.82, 2.24) is 24.6 Å². The monoisotopic (exact) mass is 587 g/mol. The van der Waals surface area contributed by atoms with Crippen LogP contribution in [0.15, 0.2) is 43.0 Å². The molecule has 3 heterocycles. The summed E-state index contributed by atoms with van der Waals surface area (Å²) >= 11 is 0. The van der Waals surface area contributed by atoms with E-state index in [1.807, 2.05) is 0 Å². The highest BCUT2D eigenvalue weighted by Crippen LogP contribution is 2.76. The number of benzene rings is 1. The lowest BCUT2D eigenvalue weighted by Crippen LogP contribution is -2.36. The lowest BCUT2D eigenvalue weighted by Gasteiger charge is -2.26. The molecule has 0 spiro atoms. The van der Waals surface area contributed by atoms with Crippen molar-refractivity contribution >= 4 is 30.7 Å². The molecule has 2 aromatic heterocycles. The Bertz CT molecular complexity index is 1530. The van der Waals surface area contributed by atoms with Crippen LogP contribution in [0.25, 0.3) is 11.2 Å². The summed E-state index contributed by atoms with van der Waals surface area (Å²) in [7, 11) is -4.21. The average molecular weight is 588 g/mol. The van der Waals surface area contributed by atoms with Gasteiger partial charge in [0.1, 0.15) is 23.6 Å². The van der Waals surface area contributed by atoms with Gasteiger partial charge in [0, 0.05) is 12.3 Å². The Morgan fingerprint density at radius 3 is 2.71 bits per heavy atom. The highest BCUT2D eigenvalue weighted by Gasteiger charge is 2.85. The van der Waals surface area contributed by atoms with Crippen LogP contribution in [0.2, 0.25) is 0 Å². The molecule has 1 saturated carbocycles. The minimum absolute atomic E-state index is 0.143. The van der Waals surface area contributed by atoms with Gasteiger partial charge in [-0.15, -0.1) is 0 Å². The first kappa shape index (κ1) is 28.9. The molecule has 2 fully saturated rings. The Morgan fingerprint density at radius 1 is 1.29 bits per heavy atom. The average Bonchev–Trinajstić information content (AvgIpc) is 3.15. The van der Waals surface area contributed by atoms with E-state index in [-0.39, 0.29) is 30.7 Å². The number of ether oxygens (including phenoxy) is 2. The number of imidazole rings is 1. The third kappa shape index (κ3) is 4.93. The molecule has 0 bridgehead atoms. The highest BCUT2D eigenvalue weighted by atomic mass is 31.2. The summed E-state index contributed by atoms with van der Waals surface area (Å²) in [6.07, 6.45) is -0.765. The zero-order valence-electron chi connectivity index (χ0n) is 22.9. The van der Waals surface area contributed by atoms with E-state index in [0.29, 0.717) is 11.2 Å². The van der Waals surface area contributed by atoms with Gasteiger partial charge in [-0.25, -0.2) is 23.9 Å². The number of fused-ring (bicyclic) bond motifs is 2. The minimum Gasteiger partial charge on any atom is -0.462 e. The second kappa shape index (κ2) is 10.6. The van der Waals surface area contributed by atoms with Crippen LogP contribution in [0.1, 0.15) is 40.3 Å². The van der Waals surface area contributed by atoms with Gasteiger partial charge in [-0.1, -0.05) is 18.2 Å². The molecule has 15 heteroatoms. The number of esters is 1. The number of anilines is 1. The van der Waals surface area contributed by atoms with Crippen LogP contribution in [0.5, 0.6) is 5.75 Å². The Balaban J connectivity index is 1.37. The Hall–Kier alpha value is -3.63. The number of nitrogens with two attached hydrogens (primary N) is 1. The minimum atomic E-state index is -4.21. The second-order valence-electron chi connectivity index (χ2n) is 10.6. The first-order valence-electron chi connectivity index (χ1n) is 13.0. The number of nitrogens with one attached hydrogen (secondary N) is 1. The van der Waals surface area contributed by atoms with Gasteiger partial charge < -0.3 is 19.7 Å². The number of para-hydroxylation sites is 1. The largest absolute Gasteiger partial charge is 0.462 e. The normalized spacial score (nSPS) is 29.0. The summed E-state index contributed by atoms with van der Waals surface area (Å²) in [5, 5.41) is 12.3. The van der Waals surface area contributed by atoms with Crippen LogP contribution in [0.3, 0.4) is 0 Å². The number of hydrogen-bond donors (Lipinski definition) is 2. The molecule has 1 saturated heterocycles. The van der Waals surface area contributed by atoms with Crippen molar-refractivity contribution in [2.24, 2.45) is 11.3 Å². The summed E-state index contributed by atoms with van der Waals surface area (Å²) in [5.74, 6) is -0.939. The molecule has 41 heavy (non-hydrogen) atoms. The summed E-state index contributed by atoms with van der Waals surface area (Å²) in [5.41, 5.74) is 4.05. The van der Waals surface area contributed by atoms with Gasteiger partial charge in [0.25, 0.3) is 0 Å². The number of halogens is 1. The number of nitrogens with zero attached hydrogens (tertiary/aromatic N) is 5. The van der Waals surface area contributed by atoms with E-state index in [2.05, 4.69) is 26.1 Å². The van der Waals surface area contributed by atoms with Crippen LogP contribution >= 0.6 is 7.75 Å². The van der Waals surface area contributed by atoms with Crippen molar-refractivity contribution in [2.45, 2.75) is 64.3 Å². The van der Waals surface area contributed by atoms with Gasteiger partial charge in [0.05, 0.1) is 36.1 Å². The summed E-state index contributed by atoms with van der Waals surface area (Å²) in [4.78, 5) is 24.7. The maximum atomic E-state index is 16.3. The molecule has 3 aromatic rings. The van der Waals surface area contributed by atoms with E-state index in [1.165, 1.54) is 24.1 Å². The predicted molar refractivity (Wildman–Crippen MR) is 144 cm³/mol. The van der Waals surface area contributed by atoms with E-state index in [9.17, 15) is 14.6 Å². The first-order chi connectivity index (χ1) is 19.5. The molecule has 218 valence electrons. The molecule has 0 amide bonds. The Kier molecular flexibility index (Phi) is 7.50. The Morgan fingerprint density at radius 2 is 2.02 bits per heavy atom. The molecule has 0 radical (unpaired) electrons. The Labute approximate surface area is 235 Å². The first-order valence-corrected chi connectivity index (χ1v) is 14.6. The van der Waals surface area contributed by atoms with Crippen molar-refractivity contribution in [3.8, 4) is 11.8 Å². The third-order valence-electron chi connectivity index (χ3n) is 7.71. The number of nitrogen functional groups attached to an aromatic ring is 1. The zero-order chi connectivity index (χ0) is 29.6. The molecule has 2 aliphatic rings. The smallest absolute Gasteiger partial charge is 0.459 e. The van der Waals surface area contributed by atoms with E-state index >= 15 is 4.39 Å². The molecule has 3 N–H and O–H groups in total. The van der Waals surface area contributed by atoms with Crippen LogP contribution in [-0.4, -0.2) is 56.0 Å². The number of hydrogen-bond acceptors (Lipinski definition) is 11. The standard InChI is InChI=1S/C26H31FN7O6P/c1-15(2)38-24(35)16(3)33-41(36,40-17-8-6-5-7-9-17)37-12-18-25(4)26(18,10-11-28)20(27)23(39-25)34-14-32-19-21(29)30-13-31-22(19)34/h5-9,13-16,18,20,23H,10,12H2,1-4H3,(H,33,36)(H2,29,30,31)/t16-,18-,20?,23+,25?,26?,41?/m0/s1. The zero-order valence-corrected chi connectivity index (χ0v) is 23.8. The molecule has 7 atom stereocenters. The number of carbonyl (C=O) groups excluding carboxylic acids is 1. The SMILES string of the molecule is CC(C)OC(=O)[C@H](C)NP(=O)(OC[C@H]1C2(C)O[C@@H](n3cnc4c(N)ncnc43)C(F)C12CC#N)Oc1ccccc1. The molecule has 4 unspecified atom stereocenters. The topological polar surface area (TPSA) is 176 Å². The number of aromatic nitrogens is 4. The van der Waals surface area contributed by atoms with Crippen LogP contribution in [0, 0.1) is 22.7 Å². The van der Waals surface area contributed by atoms with Crippen molar-refractivity contribution in [1.29, 1.82) is 5.26 Å². The third-order valence-corrected chi connectivity index (χ3v) is 9.35. The highest BCUT2D eigenvalue weighted by molar-refractivity contribution is 7.52. The van der Waals surface area contributed by atoms with Crippen LogP contribution < -0.4 is 15.3 Å². The van der Waals surface area contributed by atoms with E-state index in [4.69, 9.17) is 24.3 Å². The molecule has 1 aliphatic heterocycles. The van der Waals surface area contributed by atoms with Crippen LogP contribution in [0.4, 0.5) is 10.2 Å². The van der Waals surface area contributed by atoms with Crippen molar-refractivity contribution in [3.05, 3.63) is 43.0 Å². The van der Waals surface area contributed by atoms with Crippen molar-refractivity contribution in [2.75, 3.05) is 12.3 Å². The summed E-state index contributed by atoms with van der Waals surface area (Å²) < 4.78 is 54.6. The molecular weight excluding hydrogens is 556 g/mol. The van der Waals surface area contributed by atoms with Gasteiger partial charge in [-0.05, 0) is 39.8 Å². The molecule has 1 aromatic carbocycles. The van der Waals surface area contributed by atoms with E-state index in [1.54, 1.807) is 51.1 Å². The molecule has 13 nitrogen and oxygen atoms in total. The fraction of sp³-hybridized carbons (Fsp3) is 0.500. The summed E-state index contributed by atoms with van der Waals surface area (Å²) in [6, 6.07) is 9.30. The molecule has 1 aliphatic carbocycles. The number of rotatable bonds is 11. The van der Waals surface area contributed by atoms with Gasteiger partial charge in [0.15, 0.2) is 23.9 Å². The van der Waals surface area contributed by atoms with Gasteiger partial charge in [0.2, 0.25) is 0 Å². The maximum Gasteiger partial charge on any atom is 0.459 e. The van der Waals surface area contributed by atoms with Gasteiger partial charge in [-0.2, -0.15) is 10.3 Å². The second-order valence-corrected chi connectivity index (χ2v) is 12.3. The van der Waals surface area contributed by atoms with E-state index in [0.717, 1.165) is 0 Å². The molecular formula is C26H31FN7O6P. The van der Waals surface area contributed by atoms with Gasteiger partial charge >= 0.3 is 13.7 Å². The van der Waals surface area contributed by atoms with Gasteiger partial charge in [-0.3, -0.25) is 13.9 Å². The fourth-order valence-corrected chi connectivity index (χ4v) is 7.11. The van der Waals surface area contributed by atoms with E-state index < -0.39 is 49.1 Å². The predicted octanol–water partition coefficient (Wildman–Crippen LogP) is 3.70. The number of nitriles is 1. The van der Waals surface area contributed by atoms with Crippen LogP contribution in [-0.2, 0) is 23.4 Å². The summed E-state index contributed by atoms with van der Waals surface area (Å²) in [6.45, 7) is 6.26. The maximum absolute atomic E-state index is 16.3.